The Morgan fingerprint density at radius 3 is 1.87 bits per heavy atom. The number of amides is 1. The third-order valence-electron chi connectivity index (χ3n) is 3.93. The topological polar surface area (TPSA) is 53.0 Å². The Kier molecular flexibility index (Phi) is 5.83. The summed E-state index contributed by atoms with van der Waals surface area (Å²) in [5, 5.41) is 11.8. The number of ether oxygens (including phenoxy) is 1. The zero-order chi connectivity index (χ0) is 18.0. The van der Waals surface area contributed by atoms with Crippen molar-refractivity contribution < 1.29 is 14.7 Å². The highest BCUT2D eigenvalue weighted by atomic mass is 16.5. The van der Waals surface area contributed by atoms with E-state index in [1.54, 1.807) is 31.2 Å². The first-order valence-electron chi connectivity index (χ1n) is 7.79. The summed E-state index contributed by atoms with van der Waals surface area (Å²) in [4.78, 5) is 14.7. The zero-order valence-electron chi connectivity index (χ0n) is 15.5. The molecule has 23 heavy (non-hydrogen) atoms. The molecule has 5 heteroatoms. The standard InChI is InChI=1S/C18H30N2O3/c1-17(2,3)19(7)16(21)15(20(22)18(4,5)6)13-9-11-14(23-8)12-10-13/h9-12,15,22H,1-8H3. The summed E-state index contributed by atoms with van der Waals surface area (Å²) in [6, 6.07) is 6.44. The fourth-order valence-electron chi connectivity index (χ4n) is 2.08. The fraction of sp³-hybridized carbons (Fsp3) is 0.611. The quantitative estimate of drug-likeness (QED) is 0.862. The van der Waals surface area contributed by atoms with Gasteiger partial charge in [-0.15, -0.1) is 0 Å². The van der Waals surface area contributed by atoms with Crippen LogP contribution in [0.25, 0.3) is 0 Å². The largest absolute Gasteiger partial charge is 0.497 e. The number of hydrogen-bond donors (Lipinski definition) is 1. The van der Waals surface area contributed by atoms with Crippen molar-refractivity contribution in [2.24, 2.45) is 0 Å². The molecule has 5 nitrogen and oxygen atoms in total. The molecular formula is C18H30N2O3. The van der Waals surface area contributed by atoms with Crippen molar-refractivity contribution in [3.8, 4) is 5.75 Å². The predicted octanol–water partition coefficient (Wildman–Crippen LogP) is 3.48. The molecule has 0 fully saturated rings. The number of nitrogens with zero attached hydrogens (tertiary/aromatic N) is 2. The van der Waals surface area contributed by atoms with Crippen molar-refractivity contribution in [2.75, 3.05) is 14.2 Å². The molecular weight excluding hydrogens is 292 g/mol. The summed E-state index contributed by atoms with van der Waals surface area (Å²) in [6.45, 7) is 11.5. The Bertz CT molecular complexity index is 527. The Labute approximate surface area is 139 Å². The molecule has 0 radical (unpaired) electrons. The van der Waals surface area contributed by atoms with Gasteiger partial charge in [-0.1, -0.05) is 12.1 Å². The number of carbonyl (C=O) groups is 1. The maximum absolute atomic E-state index is 13.0. The number of carbonyl (C=O) groups excluding carboxylic acids is 1. The molecule has 1 aromatic rings. The zero-order valence-corrected chi connectivity index (χ0v) is 15.5. The number of benzene rings is 1. The first-order valence-corrected chi connectivity index (χ1v) is 7.79. The van der Waals surface area contributed by atoms with E-state index >= 15 is 0 Å². The second-order valence-corrected chi connectivity index (χ2v) is 7.76. The normalized spacial score (nSPS) is 13.8. The Hall–Kier alpha value is -1.59. The van der Waals surface area contributed by atoms with Gasteiger partial charge in [0.15, 0.2) is 0 Å². The summed E-state index contributed by atoms with van der Waals surface area (Å²) >= 11 is 0. The average molecular weight is 322 g/mol. The van der Waals surface area contributed by atoms with Crippen molar-refractivity contribution in [2.45, 2.75) is 58.7 Å². The van der Waals surface area contributed by atoms with E-state index in [0.717, 1.165) is 10.6 Å². The second-order valence-electron chi connectivity index (χ2n) is 7.76. The minimum absolute atomic E-state index is 0.153. The van der Waals surface area contributed by atoms with Crippen LogP contribution < -0.4 is 4.74 Å². The summed E-state index contributed by atoms with van der Waals surface area (Å²) in [6.07, 6.45) is 0. The summed E-state index contributed by atoms with van der Waals surface area (Å²) in [5.41, 5.74) is -0.177. The lowest BCUT2D eigenvalue weighted by Crippen LogP contribution is -2.52. The van der Waals surface area contributed by atoms with Crippen molar-refractivity contribution in [1.82, 2.24) is 9.96 Å². The van der Waals surface area contributed by atoms with E-state index in [1.165, 1.54) is 0 Å². The number of hydrogen-bond acceptors (Lipinski definition) is 4. The Balaban J connectivity index is 3.29. The van der Waals surface area contributed by atoms with E-state index in [-0.39, 0.29) is 11.4 Å². The molecule has 0 aliphatic rings. The van der Waals surface area contributed by atoms with Gasteiger partial charge in [-0.05, 0) is 59.2 Å². The Morgan fingerprint density at radius 2 is 1.52 bits per heavy atom. The lowest BCUT2D eigenvalue weighted by molar-refractivity contribution is -0.200. The van der Waals surface area contributed by atoms with E-state index in [0.29, 0.717) is 5.75 Å². The lowest BCUT2D eigenvalue weighted by Gasteiger charge is -2.40. The van der Waals surface area contributed by atoms with Crippen molar-refractivity contribution in [3.05, 3.63) is 29.8 Å². The molecule has 0 saturated heterocycles. The van der Waals surface area contributed by atoms with Gasteiger partial charge in [0.1, 0.15) is 11.8 Å². The number of methoxy groups -OCH3 is 1. The monoisotopic (exact) mass is 322 g/mol. The molecule has 0 heterocycles. The summed E-state index contributed by atoms with van der Waals surface area (Å²) < 4.78 is 5.17. The van der Waals surface area contributed by atoms with Gasteiger partial charge in [0, 0.05) is 18.1 Å². The van der Waals surface area contributed by atoms with Crippen LogP contribution in [0.2, 0.25) is 0 Å². The molecule has 0 saturated carbocycles. The fourth-order valence-corrected chi connectivity index (χ4v) is 2.08. The number of hydroxylamine groups is 2. The molecule has 0 aliphatic carbocycles. The molecule has 1 amide bonds. The Morgan fingerprint density at radius 1 is 1.04 bits per heavy atom. The van der Waals surface area contributed by atoms with Crippen molar-refractivity contribution >= 4 is 5.91 Å². The molecule has 0 aliphatic heterocycles. The first-order chi connectivity index (χ1) is 10.4. The van der Waals surface area contributed by atoms with Gasteiger partial charge >= 0.3 is 0 Å². The highest BCUT2D eigenvalue weighted by molar-refractivity contribution is 5.83. The van der Waals surface area contributed by atoms with Gasteiger partial charge in [0.25, 0.3) is 0 Å². The van der Waals surface area contributed by atoms with Crippen LogP contribution in [-0.4, -0.2) is 46.3 Å². The van der Waals surface area contributed by atoms with Crippen LogP contribution in [0, 0.1) is 0 Å². The molecule has 1 aromatic carbocycles. The van der Waals surface area contributed by atoms with Gasteiger partial charge in [-0.25, -0.2) is 0 Å². The van der Waals surface area contributed by atoms with E-state index < -0.39 is 11.6 Å². The van der Waals surface area contributed by atoms with Crippen LogP contribution in [0.5, 0.6) is 5.75 Å². The average Bonchev–Trinajstić information content (AvgIpc) is 2.45. The van der Waals surface area contributed by atoms with Gasteiger partial charge in [0.2, 0.25) is 5.91 Å². The highest BCUT2D eigenvalue weighted by Crippen LogP contribution is 2.30. The van der Waals surface area contributed by atoms with Gasteiger partial charge < -0.3 is 14.8 Å². The van der Waals surface area contributed by atoms with Crippen LogP contribution >= 0.6 is 0 Å². The van der Waals surface area contributed by atoms with Crippen LogP contribution in [0.15, 0.2) is 24.3 Å². The molecule has 1 N–H and O–H groups in total. The predicted molar refractivity (Wildman–Crippen MR) is 91.6 cm³/mol. The maximum atomic E-state index is 13.0. The highest BCUT2D eigenvalue weighted by Gasteiger charge is 2.38. The van der Waals surface area contributed by atoms with Gasteiger partial charge in [-0.3, -0.25) is 4.79 Å². The van der Waals surface area contributed by atoms with Crippen LogP contribution in [-0.2, 0) is 4.79 Å². The molecule has 1 unspecified atom stereocenters. The summed E-state index contributed by atoms with van der Waals surface area (Å²) in [5.74, 6) is 0.560. The third kappa shape index (κ3) is 4.69. The minimum atomic E-state index is -0.773. The third-order valence-corrected chi connectivity index (χ3v) is 3.93. The van der Waals surface area contributed by atoms with Crippen molar-refractivity contribution in [3.63, 3.8) is 0 Å². The van der Waals surface area contributed by atoms with Crippen LogP contribution in [0.1, 0.15) is 53.1 Å². The van der Waals surface area contributed by atoms with E-state index in [2.05, 4.69) is 0 Å². The smallest absolute Gasteiger partial charge is 0.247 e. The first kappa shape index (κ1) is 19.5. The molecule has 0 aromatic heterocycles. The molecule has 0 bridgehead atoms. The van der Waals surface area contributed by atoms with Gasteiger partial charge in [0.05, 0.1) is 7.11 Å². The van der Waals surface area contributed by atoms with E-state index in [1.807, 2.05) is 53.7 Å². The van der Waals surface area contributed by atoms with E-state index in [9.17, 15) is 10.0 Å². The van der Waals surface area contributed by atoms with Gasteiger partial charge in [-0.2, -0.15) is 5.06 Å². The van der Waals surface area contributed by atoms with Crippen LogP contribution in [0.4, 0.5) is 0 Å². The maximum Gasteiger partial charge on any atom is 0.247 e. The molecule has 1 rings (SSSR count). The van der Waals surface area contributed by atoms with E-state index in [4.69, 9.17) is 4.74 Å². The minimum Gasteiger partial charge on any atom is -0.497 e. The molecule has 130 valence electrons. The van der Waals surface area contributed by atoms with Crippen LogP contribution in [0.3, 0.4) is 0 Å². The summed E-state index contributed by atoms with van der Waals surface area (Å²) in [7, 11) is 3.36. The molecule has 0 spiro atoms. The van der Waals surface area contributed by atoms with Crippen molar-refractivity contribution in [1.29, 1.82) is 0 Å². The number of likely N-dealkylation sites (N-methyl/N-ethyl adjacent to an activating group) is 1. The SMILES string of the molecule is COc1ccc(C(C(=O)N(C)C(C)(C)C)N(O)C(C)(C)C)cc1. The molecule has 1 atom stereocenters. The second kappa shape index (κ2) is 6.89. The lowest BCUT2D eigenvalue weighted by atomic mass is 9.97. The number of rotatable bonds is 4.